The molecule has 0 aromatic heterocycles. The number of likely N-dealkylation sites (N-methyl/N-ethyl adjacent to an activating group) is 1. The van der Waals surface area contributed by atoms with Gasteiger partial charge in [0, 0.05) is 42.1 Å². The van der Waals surface area contributed by atoms with E-state index in [4.69, 9.17) is 4.74 Å². The van der Waals surface area contributed by atoms with Gasteiger partial charge in [0.15, 0.2) is 0 Å². The number of fused-ring (bicyclic) bond motifs is 2. The molecule has 0 spiro atoms. The topological polar surface area (TPSA) is 48.0 Å². The van der Waals surface area contributed by atoms with Crippen molar-refractivity contribution in [3.05, 3.63) is 71.9 Å². The molecule has 0 saturated heterocycles. The van der Waals surface area contributed by atoms with Gasteiger partial charge in [-0.15, -0.1) is 0 Å². The van der Waals surface area contributed by atoms with Gasteiger partial charge in [-0.2, -0.15) is 0 Å². The van der Waals surface area contributed by atoms with Crippen LogP contribution >= 0.6 is 0 Å². The van der Waals surface area contributed by atoms with Gasteiger partial charge in [0.05, 0.1) is 5.70 Å². The number of phenolic OH excluding ortho intramolecular Hbond substituents is 1. The summed E-state index contributed by atoms with van der Waals surface area (Å²) in [4.78, 5) is 4.32. The highest BCUT2D eigenvalue weighted by Gasteiger charge is 2.23. The largest absolute Gasteiger partial charge is 0.507 e. The Balaban J connectivity index is 1.54. The van der Waals surface area contributed by atoms with Crippen molar-refractivity contribution >= 4 is 16.5 Å². The van der Waals surface area contributed by atoms with E-state index >= 15 is 0 Å². The number of hydrogen-bond donors (Lipinski definition) is 2. The summed E-state index contributed by atoms with van der Waals surface area (Å²) >= 11 is 0. The second-order valence-corrected chi connectivity index (χ2v) is 6.87. The van der Waals surface area contributed by atoms with E-state index in [9.17, 15) is 5.11 Å². The SMILES string of the molecule is CN(C)CCN1C=CC2=C(Nc3ccc4c(O)cccc4c3)COC2=C1. The zero-order valence-electron chi connectivity index (χ0n) is 15.1. The van der Waals surface area contributed by atoms with Crippen molar-refractivity contribution in [1.29, 1.82) is 0 Å². The third-order valence-corrected chi connectivity index (χ3v) is 4.64. The molecule has 2 aliphatic rings. The van der Waals surface area contributed by atoms with Gasteiger partial charge in [-0.05, 0) is 49.8 Å². The molecule has 2 aromatic rings. The summed E-state index contributed by atoms with van der Waals surface area (Å²) < 4.78 is 5.86. The number of phenols is 1. The van der Waals surface area contributed by atoms with Crippen LogP contribution in [0.3, 0.4) is 0 Å². The number of benzene rings is 2. The molecule has 0 saturated carbocycles. The second-order valence-electron chi connectivity index (χ2n) is 6.87. The zero-order chi connectivity index (χ0) is 18.1. The second kappa shape index (κ2) is 6.77. The summed E-state index contributed by atoms with van der Waals surface area (Å²) in [5.74, 6) is 1.21. The van der Waals surface area contributed by atoms with Crippen LogP contribution in [0, 0.1) is 0 Å². The molecule has 2 aliphatic heterocycles. The Kier molecular flexibility index (Phi) is 4.31. The monoisotopic (exact) mass is 349 g/mol. The maximum absolute atomic E-state index is 9.93. The standard InChI is InChI=1S/C21H23N3O2/c1-23(2)10-11-24-9-8-18-19(14-26-21(18)13-24)22-16-6-7-17-15(12-16)4-3-5-20(17)25/h3-9,12-13,22,25H,10-11,14H2,1-2H3. The van der Waals surface area contributed by atoms with Crippen molar-refractivity contribution < 1.29 is 9.84 Å². The predicted octanol–water partition coefficient (Wildman–Crippen LogP) is 3.47. The molecule has 0 aliphatic carbocycles. The lowest BCUT2D eigenvalue weighted by Gasteiger charge is -2.22. The van der Waals surface area contributed by atoms with Gasteiger partial charge in [0.1, 0.15) is 18.1 Å². The first kappa shape index (κ1) is 16.5. The molecule has 5 nitrogen and oxygen atoms in total. The fourth-order valence-electron chi connectivity index (χ4n) is 3.18. The Morgan fingerprint density at radius 2 is 2.12 bits per heavy atom. The van der Waals surface area contributed by atoms with Crippen molar-refractivity contribution in [2.24, 2.45) is 0 Å². The Bertz CT molecular complexity index is 928. The Labute approximate surface area is 153 Å². The third kappa shape index (κ3) is 3.26. The van der Waals surface area contributed by atoms with E-state index in [0.717, 1.165) is 46.6 Å². The molecule has 26 heavy (non-hydrogen) atoms. The van der Waals surface area contributed by atoms with Crippen LogP contribution in [-0.2, 0) is 4.74 Å². The number of ether oxygens (including phenoxy) is 1. The number of nitrogens with zero attached hydrogens (tertiary/aromatic N) is 2. The van der Waals surface area contributed by atoms with Gasteiger partial charge in [0.25, 0.3) is 0 Å². The van der Waals surface area contributed by atoms with Crippen LogP contribution in [-0.4, -0.2) is 48.7 Å². The van der Waals surface area contributed by atoms with Gasteiger partial charge in [-0.25, -0.2) is 0 Å². The van der Waals surface area contributed by atoms with E-state index in [0.29, 0.717) is 12.4 Å². The van der Waals surface area contributed by atoms with Crippen molar-refractivity contribution in [2.75, 3.05) is 39.1 Å². The van der Waals surface area contributed by atoms with Crippen LogP contribution in [0.5, 0.6) is 5.75 Å². The maximum Gasteiger partial charge on any atom is 0.145 e. The van der Waals surface area contributed by atoms with Crippen molar-refractivity contribution in [3.63, 3.8) is 0 Å². The van der Waals surface area contributed by atoms with Gasteiger partial charge in [-0.3, -0.25) is 0 Å². The minimum absolute atomic E-state index is 0.304. The smallest absolute Gasteiger partial charge is 0.145 e. The minimum Gasteiger partial charge on any atom is -0.507 e. The first-order valence-corrected chi connectivity index (χ1v) is 8.76. The highest BCUT2D eigenvalue weighted by molar-refractivity contribution is 5.90. The van der Waals surface area contributed by atoms with E-state index in [2.05, 4.69) is 47.7 Å². The number of rotatable bonds is 5. The van der Waals surface area contributed by atoms with Crippen molar-refractivity contribution in [2.45, 2.75) is 0 Å². The molecule has 0 bridgehead atoms. The lowest BCUT2D eigenvalue weighted by atomic mass is 10.1. The first-order valence-electron chi connectivity index (χ1n) is 8.76. The number of allylic oxidation sites excluding steroid dienone is 1. The molecule has 0 unspecified atom stereocenters. The van der Waals surface area contributed by atoms with Gasteiger partial charge < -0.3 is 25.0 Å². The molecule has 0 fully saturated rings. The number of hydrogen-bond acceptors (Lipinski definition) is 5. The average Bonchev–Trinajstić information content (AvgIpc) is 3.02. The Morgan fingerprint density at radius 3 is 2.96 bits per heavy atom. The van der Waals surface area contributed by atoms with E-state index in [1.54, 1.807) is 6.07 Å². The van der Waals surface area contributed by atoms with Crippen molar-refractivity contribution in [3.8, 4) is 5.75 Å². The predicted molar refractivity (Wildman–Crippen MR) is 105 cm³/mol. The van der Waals surface area contributed by atoms with Crippen LogP contribution in [0.1, 0.15) is 0 Å². The van der Waals surface area contributed by atoms with Gasteiger partial charge >= 0.3 is 0 Å². The lowest BCUT2D eigenvalue weighted by Crippen LogP contribution is -2.26. The van der Waals surface area contributed by atoms with Crippen LogP contribution in [0.2, 0.25) is 0 Å². The molecule has 0 amide bonds. The number of anilines is 1. The third-order valence-electron chi connectivity index (χ3n) is 4.64. The summed E-state index contributed by atoms with van der Waals surface area (Å²) in [5, 5.41) is 15.3. The summed E-state index contributed by atoms with van der Waals surface area (Å²) in [6.45, 7) is 2.45. The molecule has 5 heteroatoms. The normalized spacial score (nSPS) is 16.1. The molecular weight excluding hydrogens is 326 g/mol. The van der Waals surface area contributed by atoms with Gasteiger partial charge in [0.2, 0.25) is 0 Å². The zero-order valence-corrected chi connectivity index (χ0v) is 15.1. The highest BCUT2D eigenvalue weighted by atomic mass is 16.5. The number of nitrogens with one attached hydrogen (secondary N) is 1. The van der Waals surface area contributed by atoms with Crippen LogP contribution in [0.15, 0.2) is 71.9 Å². The minimum atomic E-state index is 0.304. The average molecular weight is 349 g/mol. The van der Waals surface area contributed by atoms with E-state index in [-0.39, 0.29) is 0 Å². The molecule has 2 N–H and O–H groups in total. The Morgan fingerprint density at radius 1 is 1.23 bits per heavy atom. The van der Waals surface area contributed by atoms with Crippen molar-refractivity contribution in [1.82, 2.24) is 9.80 Å². The Hall–Kier alpha value is -2.92. The van der Waals surface area contributed by atoms with E-state index in [1.165, 1.54) is 0 Å². The highest BCUT2D eigenvalue weighted by Crippen LogP contribution is 2.32. The lowest BCUT2D eigenvalue weighted by molar-refractivity contribution is 0.258. The number of aromatic hydroxyl groups is 1. The van der Waals surface area contributed by atoms with E-state index in [1.807, 2.05) is 30.3 Å². The summed E-state index contributed by atoms with van der Waals surface area (Å²) in [5.41, 5.74) is 3.14. The van der Waals surface area contributed by atoms with Gasteiger partial charge in [-0.1, -0.05) is 12.1 Å². The first-order chi connectivity index (χ1) is 12.6. The van der Waals surface area contributed by atoms with E-state index < -0.39 is 0 Å². The molecule has 2 aromatic carbocycles. The molecule has 0 atom stereocenters. The molecule has 2 heterocycles. The molecule has 134 valence electrons. The summed E-state index contributed by atoms with van der Waals surface area (Å²) in [6.07, 6.45) is 6.26. The molecular formula is C21H23N3O2. The maximum atomic E-state index is 9.93. The fourth-order valence-corrected chi connectivity index (χ4v) is 3.18. The molecule has 0 radical (unpaired) electrons. The van der Waals surface area contributed by atoms with Crippen LogP contribution < -0.4 is 5.32 Å². The van der Waals surface area contributed by atoms with Crippen LogP contribution in [0.4, 0.5) is 5.69 Å². The summed E-state index contributed by atoms with van der Waals surface area (Å²) in [7, 11) is 4.15. The molecule has 4 rings (SSSR count). The van der Waals surface area contributed by atoms with Crippen LogP contribution in [0.25, 0.3) is 10.8 Å². The fraction of sp³-hybridized carbons (Fsp3) is 0.238. The quantitative estimate of drug-likeness (QED) is 0.865. The summed E-state index contributed by atoms with van der Waals surface area (Å²) in [6, 6.07) is 11.5.